The van der Waals surface area contributed by atoms with Crippen LogP contribution in [0.4, 0.5) is 0 Å². The van der Waals surface area contributed by atoms with Crippen LogP contribution in [0.2, 0.25) is 0 Å². The molecule has 5 nitrogen and oxygen atoms in total. The van der Waals surface area contributed by atoms with Gasteiger partial charge < -0.3 is 5.11 Å². The number of nitrogens with zero attached hydrogens (tertiary/aromatic N) is 4. The van der Waals surface area contributed by atoms with Gasteiger partial charge in [0.2, 0.25) is 0 Å². The molecule has 0 amide bonds. The summed E-state index contributed by atoms with van der Waals surface area (Å²) in [6.07, 6.45) is 0. The third kappa shape index (κ3) is 1.91. The summed E-state index contributed by atoms with van der Waals surface area (Å²) in [7, 11) is 0. The first-order valence-corrected chi connectivity index (χ1v) is 6.89. The second-order valence-electron chi connectivity index (χ2n) is 4.93. The van der Waals surface area contributed by atoms with Crippen molar-refractivity contribution in [2.45, 2.75) is 0 Å². The molecule has 22 heavy (non-hydrogen) atoms. The lowest BCUT2D eigenvalue weighted by Crippen LogP contribution is -2.00. The van der Waals surface area contributed by atoms with E-state index in [1.54, 1.807) is 10.7 Å². The topological polar surface area (TPSA) is 63.8 Å². The quantitative estimate of drug-likeness (QED) is 0.615. The first-order chi connectivity index (χ1) is 10.8. The van der Waals surface area contributed by atoms with Gasteiger partial charge in [-0.1, -0.05) is 48.5 Å². The molecular formula is C17H12N4O. The van der Waals surface area contributed by atoms with E-state index in [0.717, 1.165) is 16.5 Å². The van der Waals surface area contributed by atoms with Gasteiger partial charge in [-0.2, -0.15) is 4.68 Å². The molecule has 0 radical (unpaired) electrons. The Balaban J connectivity index is 2.02. The van der Waals surface area contributed by atoms with Gasteiger partial charge in [0.25, 0.3) is 0 Å². The first-order valence-electron chi connectivity index (χ1n) is 6.89. The highest BCUT2D eigenvalue weighted by atomic mass is 16.3. The first kappa shape index (κ1) is 12.5. The van der Waals surface area contributed by atoms with Gasteiger partial charge in [-0.05, 0) is 39.4 Å². The predicted molar refractivity (Wildman–Crippen MR) is 83.8 cm³/mol. The highest BCUT2D eigenvalue weighted by molar-refractivity contribution is 5.98. The van der Waals surface area contributed by atoms with E-state index in [9.17, 15) is 5.11 Å². The van der Waals surface area contributed by atoms with Crippen molar-refractivity contribution in [3.8, 4) is 22.8 Å². The lowest BCUT2D eigenvalue weighted by atomic mass is 10.0. The van der Waals surface area contributed by atoms with Crippen LogP contribution >= 0.6 is 0 Å². The van der Waals surface area contributed by atoms with Crippen LogP contribution in [0.5, 0.6) is 5.75 Å². The Morgan fingerprint density at radius 1 is 0.818 bits per heavy atom. The summed E-state index contributed by atoms with van der Waals surface area (Å²) in [5, 5.41) is 24.2. The van der Waals surface area contributed by atoms with Crippen molar-refractivity contribution < 1.29 is 5.11 Å². The minimum Gasteiger partial charge on any atom is -0.507 e. The molecule has 1 N–H and O–H groups in total. The van der Waals surface area contributed by atoms with Gasteiger partial charge in [0, 0.05) is 0 Å². The summed E-state index contributed by atoms with van der Waals surface area (Å²) >= 11 is 0. The van der Waals surface area contributed by atoms with Crippen LogP contribution in [0.1, 0.15) is 0 Å². The summed E-state index contributed by atoms with van der Waals surface area (Å²) in [5.74, 6) is 0.672. The van der Waals surface area contributed by atoms with Crippen LogP contribution in [0.25, 0.3) is 27.8 Å². The van der Waals surface area contributed by atoms with Crippen molar-refractivity contribution in [2.24, 2.45) is 0 Å². The minimum atomic E-state index is 0.158. The fourth-order valence-electron chi connectivity index (χ4n) is 2.58. The molecule has 1 aromatic heterocycles. The molecule has 3 aromatic carbocycles. The van der Waals surface area contributed by atoms with Gasteiger partial charge in [0.1, 0.15) is 5.75 Å². The van der Waals surface area contributed by atoms with E-state index < -0.39 is 0 Å². The molecule has 0 fully saturated rings. The molecule has 0 saturated heterocycles. The maximum Gasteiger partial charge on any atom is 0.191 e. The average molecular weight is 288 g/mol. The summed E-state index contributed by atoms with van der Waals surface area (Å²) in [6.45, 7) is 0. The van der Waals surface area contributed by atoms with Crippen molar-refractivity contribution in [3.63, 3.8) is 0 Å². The number of aromatic hydroxyl groups is 1. The largest absolute Gasteiger partial charge is 0.507 e. The number of para-hydroxylation sites is 1. The van der Waals surface area contributed by atoms with Crippen LogP contribution in [0.15, 0.2) is 66.7 Å². The second kappa shape index (κ2) is 4.96. The van der Waals surface area contributed by atoms with Gasteiger partial charge in [-0.15, -0.1) is 5.10 Å². The summed E-state index contributed by atoms with van der Waals surface area (Å²) in [6, 6.07) is 21.0. The van der Waals surface area contributed by atoms with Crippen molar-refractivity contribution in [1.82, 2.24) is 20.2 Å². The van der Waals surface area contributed by atoms with Crippen molar-refractivity contribution in [2.75, 3.05) is 0 Å². The highest BCUT2D eigenvalue weighted by Gasteiger charge is 2.17. The Morgan fingerprint density at radius 3 is 2.45 bits per heavy atom. The molecule has 0 bridgehead atoms. The molecule has 106 valence electrons. The van der Waals surface area contributed by atoms with Crippen molar-refractivity contribution >= 4 is 10.8 Å². The highest BCUT2D eigenvalue weighted by Crippen LogP contribution is 2.35. The Labute approximate surface area is 126 Å². The molecule has 0 spiro atoms. The molecule has 4 aromatic rings. The maximum absolute atomic E-state index is 10.3. The number of rotatable bonds is 2. The summed E-state index contributed by atoms with van der Waals surface area (Å²) in [4.78, 5) is 0. The van der Waals surface area contributed by atoms with Crippen LogP contribution in [-0.4, -0.2) is 25.3 Å². The van der Waals surface area contributed by atoms with Gasteiger partial charge in [-0.3, -0.25) is 0 Å². The fraction of sp³-hybridized carbons (Fsp3) is 0. The molecule has 0 aliphatic rings. The molecule has 5 heteroatoms. The third-order valence-electron chi connectivity index (χ3n) is 3.60. The lowest BCUT2D eigenvalue weighted by Gasteiger charge is -2.09. The zero-order valence-electron chi connectivity index (χ0n) is 11.6. The second-order valence-corrected chi connectivity index (χ2v) is 4.93. The predicted octanol–water partition coefficient (Wildman–Crippen LogP) is 3.19. The van der Waals surface area contributed by atoms with Crippen LogP contribution < -0.4 is 0 Å². The Hall–Kier alpha value is -3.21. The van der Waals surface area contributed by atoms with E-state index in [-0.39, 0.29) is 5.75 Å². The Morgan fingerprint density at radius 2 is 1.59 bits per heavy atom. The zero-order chi connectivity index (χ0) is 14.9. The zero-order valence-corrected chi connectivity index (χ0v) is 11.6. The Kier molecular flexibility index (Phi) is 2.83. The smallest absolute Gasteiger partial charge is 0.191 e. The van der Waals surface area contributed by atoms with Gasteiger partial charge in [0.05, 0.1) is 11.3 Å². The number of hydrogen-bond acceptors (Lipinski definition) is 4. The number of hydrogen-bond donors (Lipinski definition) is 1. The average Bonchev–Trinajstić information content (AvgIpc) is 3.05. The van der Waals surface area contributed by atoms with Crippen LogP contribution in [0.3, 0.4) is 0 Å². The summed E-state index contributed by atoms with van der Waals surface area (Å²) < 4.78 is 1.63. The number of aromatic nitrogens is 4. The number of fused-ring (bicyclic) bond motifs is 1. The van der Waals surface area contributed by atoms with E-state index in [4.69, 9.17) is 0 Å². The van der Waals surface area contributed by atoms with E-state index in [0.29, 0.717) is 11.4 Å². The minimum absolute atomic E-state index is 0.158. The monoisotopic (exact) mass is 288 g/mol. The normalized spacial score (nSPS) is 10.9. The van der Waals surface area contributed by atoms with E-state index >= 15 is 0 Å². The molecule has 0 atom stereocenters. The van der Waals surface area contributed by atoms with E-state index in [1.807, 2.05) is 60.7 Å². The Bertz CT molecular complexity index is 947. The van der Waals surface area contributed by atoms with Crippen LogP contribution in [0, 0.1) is 0 Å². The van der Waals surface area contributed by atoms with Gasteiger partial charge >= 0.3 is 0 Å². The van der Waals surface area contributed by atoms with Crippen LogP contribution in [-0.2, 0) is 0 Å². The van der Waals surface area contributed by atoms with Gasteiger partial charge in [-0.25, -0.2) is 0 Å². The van der Waals surface area contributed by atoms with Crippen molar-refractivity contribution in [3.05, 3.63) is 66.7 Å². The molecule has 0 aliphatic heterocycles. The molecule has 0 unspecified atom stereocenters. The van der Waals surface area contributed by atoms with E-state index in [1.165, 1.54) is 0 Å². The standard InChI is InChI=1S/C17H12N4O/c22-15-11-10-12-6-4-5-9-14(12)16(15)17-18-19-20-21(17)13-7-2-1-3-8-13/h1-11,22H. The van der Waals surface area contributed by atoms with Gasteiger partial charge in [0.15, 0.2) is 5.82 Å². The molecule has 1 heterocycles. The SMILES string of the molecule is Oc1ccc2ccccc2c1-c1nnnn1-c1ccccc1. The maximum atomic E-state index is 10.3. The number of phenols is 1. The van der Waals surface area contributed by atoms with E-state index in [2.05, 4.69) is 15.5 Å². The molecule has 0 aliphatic carbocycles. The van der Waals surface area contributed by atoms with Crippen molar-refractivity contribution in [1.29, 1.82) is 0 Å². The third-order valence-corrected chi connectivity index (χ3v) is 3.60. The number of benzene rings is 3. The molecular weight excluding hydrogens is 276 g/mol. The number of tetrazole rings is 1. The molecule has 0 saturated carbocycles. The molecule has 4 rings (SSSR count). The fourth-order valence-corrected chi connectivity index (χ4v) is 2.58. The number of phenolic OH excluding ortho intramolecular Hbond substituents is 1. The summed E-state index contributed by atoms with van der Waals surface area (Å²) in [5.41, 5.74) is 1.47. The lowest BCUT2D eigenvalue weighted by molar-refractivity contribution is 0.477.